The number of ether oxygens (including phenoxy) is 1. The van der Waals surface area contributed by atoms with Crippen LogP contribution in [0.5, 0.6) is 5.75 Å². The van der Waals surface area contributed by atoms with E-state index >= 15 is 0 Å². The van der Waals surface area contributed by atoms with Crippen LogP contribution in [0.25, 0.3) is 16.2 Å². The fraction of sp³-hybridized carbons (Fsp3) is 0.524. The van der Waals surface area contributed by atoms with Crippen molar-refractivity contribution in [3.8, 4) is 17.0 Å². The minimum Gasteiger partial charge on any atom is -0.495 e. The molecule has 1 aliphatic carbocycles. The number of aliphatic hydroxyl groups excluding tert-OH is 1. The number of rotatable bonds is 6. The molecule has 0 unspecified atom stereocenters. The van der Waals surface area contributed by atoms with Gasteiger partial charge < -0.3 is 14.9 Å². The molecule has 0 spiro atoms. The van der Waals surface area contributed by atoms with Gasteiger partial charge in [0.05, 0.1) is 24.6 Å². The number of aryl methyl sites for hydroxylation is 1. The number of aromatic nitrogens is 3. The highest BCUT2D eigenvalue weighted by molar-refractivity contribution is 7.89. The third-order valence-corrected chi connectivity index (χ3v) is 8.41. The number of hydrogen-bond donors (Lipinski definition) is 3. The summed E-state index contributed by atoms with van der Waals surface area (Å²) >= 11 is 1.29. The Morgan fingerprint density at radius 1 is 1.25 bits per heavy atom. The summed E-state index contributed by atoms with van der Waals surface area (Å²) in [5.74, 6) is 0.242. The molecular formula is C21H28N4O5S2. The predicted molar refractivity (Wildman–Crippen MR) is 121 cm³/mol. The molecule has 0 radical (unpaired) electrons. The summed E-state index contributed by atoms with van der Waals surface area (Å²) in [6.45, 7) is 5.15. The van der Waals surface area contributed by atoms with Crippen molar-refractivity contribution in [1.82, 2.24) is 19.3 Å². The zero-order chi connectivity index (χ0) is 23.3. The van der Waals surface area contributed by atoms with Crippen LogP contribution in [0.2, 0.25) is 0 Å². The number of aliphatic hydroxyl groups is 2. The standard InChI is InChI=1S/C21H28N4O5S2/c1-12-18(25-20(22-12)31-19(23-25)21(2,3)27)13-5-10-16(30-4)17(11-13)32(28,29)24-14-6-8-15(26)9-7-14/h5,10-11,14-15,24,26-27H,6-9H2,1-4H3/t14-,15-. The molecular weight excluding hydrogens is 452 g/mol. The normalized spacial score (nSPS) is 20.1. The summed E-state index contributed by atoms with van der Waals surface area (Å²) in [5, 5.41) is 25.1. The maximum absolute atomic E-state index is 13.2. The number of methoxy groups -OCH3 is 1. The van der Waals surface area contributed by atoms with Crippen molar-refractivity contribution in [2.24, 2.45) is 0 Å². The number of nitrogens with one attached hydrogen (secondary N) is 1. The average Bonchev–Trinajstić information content (AvgIpc) is 3.26. The van der Waals surface area contributed by atoms with Crippen molar-refractivity contribution >= 4 is 26.3 Å². The molecule has 0 bridgehead atoms. The summed E-state index contributed by atoms with van der Waals surface area (Å²) in [6.07, 6.45) is 1.95. The van der Waals surface area contributed by atoms with Gasteiger partial charge >= 0.3 is 0 Å². The molecule has 3 aromatic rings. The van der Waals surface area contributed by atoms with Gasteiger partial charge in [-0.2, -0.15) is 5.10 Å². The van der Waals surface area contributed by atoms with Crippen LogP contribution in [-0.4, -0.2) is 52.5 Å². The first-order chi connectivity index (χ1) is 15.0. The smallest absolute Gasteiger partial charge is 0.244 e. The second-order valence-electron chi connectivity index (χ2n) is 8.70. The average molecular weight is 481 g/mol. The zero-order valence-electron chi connectivity index (χ0n) is 18.5. The number of imidazole rings is 1. The van der Waals surface area contributed by atoms with Gasteiger partial charge in [-0.1, -0.05) is 11.3 Å². The van der Waals surface area contributed by atoms with Gasteiger partial charge in [-0.15, -0.1) is 0 Å². The van der Waals surface area contributed by atoms with Crippen molar-refractivity contribution in [1.29, 1.82) is 0 Å². The van der Waals surface area contributed by atoms with E-state index in [0.717, 1.165) is 0 Å². The van der Waals surface area contributed by atoms with Gasteiger partial charge in [0, 0.05) is 11.6 Å². The van der Waals surface area contributed by atoms with Gasteiger partial charge in [0.1, 0.15) is 21.3 Å². The predicted octanol–water partition coefficient (Wildman–Crippen LogP) is 2.58. The summed E-state index contributed by atoms with van der Waals surface area (Å²) < 4.78 is 36.2. The molecule has 0 atom stereocenters. The molecule has 1 aromatic carbocycles. The van der Waals surface area contributed by atoms with Gasteiger partial charge in [0.25, 0.3) is 0 Å². The number of fused-ring (bicyclic) bond motifs is 1. The highest BCUT2D eigenvalue weighted by Gasteiger charge is 2.29. The van der Waals surface area contributed by atoms with Crippen LogP contribution in [0.1, 0.15) is 50.2 Å². The number of nitrogens with zero attached hydrogens (tertiary/aromatic N) is 3. The fourth-order valence-electron chi connectivity index (χ4n) is 3.94. The molecule has 11 heteroatoms. The van der Waals surface area contributed by atoms with Crippen LogP contribution in [0.4, 0.5) is 0 Å². The third-order valence-electron chi connectivity index (χ3n) is 5.65. The lowest BCUT2D eigenvalue weighted by Gasteiger charge is -2.26. The summed E-state index contributed by atoms with van der Waals surface area (Å²) in [5.41, 5.74) is 0.880. The quantitative estimate of drug-likeness (QED) is 0.495. The van der Waals surface area contributed by atoms with E-state index in [4.69, 9.17) is 4.74 Å². The van der Waals surface area contributed by atoms with E-state index in [-0.39, 0.29) is 22.8 Å². The molecule has 0 amide bonds. The van der Waals surface area contributed by atoms with E-state index < -0.39 is 15.6 Å². The van der Waals surface area contributed by atoms with Crippen molar-refractivity contribution in [3.63, 3.8) is 0 Å². The number of hydrogen-bond acceptors (Lipinski definition) is 8. The SMILES string of the molecule is COc1ccc(-c2c(C)nc3sc(C(C)(C)O)nn23)cc1S(=O)(=O)N[C@H]1CC[C@H](O)CC1. The molecule has 2 heterocycles. The van der Waals surface area contributed by atoms with E-state index in [0.29, 0.717) is 52.6 Å². The Morgan fingerprint density at radius 3 is 2.56 bits per heavy atom. The Bertz CT molecular complexity index is 1240. The maximum Gasteiger partial charge on any atom is 0.244 e. The van der Waals surface area contributed by atoms with Gasteiger partial charge in [-0.05, 0) is 64.7 Å². The summed E-state index contributed by atoms with van der Waals surface area (Å²) in [6, 6.07) is 4.73. The van der Waals surface area contributed by atoms with Crippen LogP contribution < -0.4 is 9.46 Å². The number of benzene rings is 1. The second-order valence-corrected chi connectivity index (χ2v) is 11.3. The zero-order valence-corrected chi connectivity index (χ0v) is 20.1. The molecule has 1 aliphatic rings. The van der Waals surface area contributed by atoms with Crippen LogP contribution in [0.3, 0.4) is 0 Å². The van der Waals surface area contributed by atoms with Crippen molar-refractivity contribution in [2.45, 2.75) is 69.1 Å². The fourth-order valence-corrected chi connectivity index (χ4v) is 6.38. The highest BCUT2D eigenvalue weighted by Crippen LogP contribution is 2.35. The first kappa shape index (κ1) is 23.1. The van der Waals surface area contributed by atoms with Gasteiger partial charge in [-0.25, -0.2) is 22.6 Å². The largest absolute Gasteiger partial charge is 0.495 e. The van der Waals surface area contributed by atoms with Gasteiger partial charge in [-0.3, -0.25) is 0 Å². The molecule has 9 nitrogen and oxygen atoms in total. The molecule has 0 saturated heterocycles. The lowest BCUT2D eigenvalue weighted by Crippen LogP contribution is -2.38. The van der Waals surface area contributed by atoms with Crippen molar-refractivity contribution in [2.75, 3.05) is 7.11 Å². The Kier molecular flexibility index (Phi) is 6.05. The second kappa shape index (κ2) is 8.38. The monoisotopic (exact) mass is 480 g/mol. The lowest BCUT2D eigenvalue weighted by atomic mass is 9.94. The maximum atomic E-state index is 13.2. The van der Waals surface area contributed by atoms with Crippen molar-refractivity contribution < 1.29 is 23.4 Å². The Balaban J connectivity index is 1.75. The molecule has 0 aliphatic heterocycles. The van der Waals surface area contributed by atoms with E-state index in [9.17, 15) is 18.6 Å². The van der Waals surface area contributed by atoms with E-state index in [1.165, 1.54) is 18.4 Å². The van der Waals surface area contributed by atoms with Crippen molar-refractivity contribution in [3.05, 3.63) is 28.9 Å². The molecule has 3 N–H and O–H groups in total. The first-order valence-electron chi connectivity index (χ1n) is 10.5. The molecule has 1 fully saturated rings. The molecule has 174 valence electrons. The van der Waals surface area contributed by atoms with E-state index in [1.54, 1.807) is 36.6 Å². The number of sulfonamides is 1. The minimum atomic E-state index is -3.86. The molecule has 2 aromatic heterocycles. The van der Waals surface area contributed by atoms with Crippen LogP contribution >= 0.6 is 11.3 Å². The van der Waals surface area contributed by atoms with Gasteiger partial charge in [0.15, 0.2) is 0 Å². The van der Waals surface area contributed by atoms with Gasteiger partial charge in [0.2, 0.25) is 15.0 Å². The summed E-state index contributed by atoms with van der Waals surface area (Å²) in [4.78, 5) is 5.20. The minimum absolute atomic E-state index is 0.0379. The third kappa shape index (κ3) is 4.40. The Morgan fingerprint density at radius 2 is 1.94 bits per heavy atom. The Labute approximate surface area is 191 Å². The summed E-state index contributed by atoms with van der Waals surface area (Å²) in [7, 11) is -2.43. The van der Waals surface area contributed by atoms with E-state index in [1.807, 2.05) is 6.92 Å². The topological polar surface area (TPSA) is 126 Å². The first-order valence-corrected chi connectivity index (χ1v) is 12.8. The lowest BCUT2D eigenvalue weighted by molar-refractivity contribution is 0.0773. The highest BCUT2D eigenvalue weighted by atomic mass is 32.2. The molecule has 32 heavy (non-hydrogen) atoms. The van der Waals surface area contributed by atoms with E-state index in [2.05, 4.69) is 14.8 Å². The van der Waals surface area contributed by atoms with Crippen LogP contribution in [0, 0.1) is 6.92 Å². The Hall–Kier alpha value is -2.05. The van der Waals surface area contributed by atoms with Crippen LogP contribution in [-0.2, 0) is 15.6 Å². The molecule has 4 rings (SSSR count). The van der Waals surface area contributed by atoms with Crippen LogP contribution in [0.15, 0.2) is 23.1 Å². The molecule has 1 saturated carbocycles.